The molecule has 1 aromatic heterocycles. The van der Waals surface area contributed by atoms with E-state index in [-0.39, 0.29) is 0 Å². The Morgan fingerprint density at radius 2 is 2.05 bits per heavy atom. The first-order valence-electron chi connectivity index (χ1n) is 6.96. The van der Waals surface area contributed by atoms with Crippen LogP contribution < -0.4 is 0 Å². The van der Waals surface area contributed by atoms with Gasteiger partial charge in [0.1, 0.15) is 12.4 Å². The number of imidazole rings is 1. The van der Waals surface area contributed by atoms with E-state index in [4.69, 9.17) is 10.2 Å². The summed E-state index contributed by atoms with van der Waals surface area (Å²) in [6.07, 6.45) is 3.73. The van der Waals surface area contributed by atoms with Gasteiger partial charge in [-0.1, -0.05) is 18.2 Å². The number of aryl methyl sites for hydroxylation is 1. The number of hydrogen-bond donors (Lipinski definition) is 0. The minimum Gasteiger partial charge on any atom is -0.313 e. The molecule has 0 unspecified atom stereocenters. The van der Waals surface area contributed by atoms with Crippen molar-refractivity contribution < 1.29 is 0 Å². The Balaban J connectivity index is 2.41. The molecule has 1 aromatic carbocycles. The Morgan fingerprint density at radius 1 is 1.33 bits per heavy atom. The third-order valence-corrected chi connectivity index (χ3v) is 3.35. The summed E-state index contributed by atoms with van der Waals surface area (Å²) in [6, 6.07) is 8.35. The van der Waals surface area contributed by atoms with Crippen LogP contribution in [0, 0.1) is 18.3 Å². The van der Waals surface area contributed by atoms with E-state index in [0.29, 0.717) is 13.1 Å². The molecule has 0 fully saturated rings. The van der Waals surface area contributed by atoms with Crippen LogP contribution in [0.5, 0.6) is 0 Å². The number of nitrogens with zero attached hydrogens (tertiary/aromatic N) is 4. The summed E-state index contributed by atoms with van der Waals surface area (Å²) in [4.78, 5) is 6.88. The molecule has 0 aliphatic heterocycles. The average molecular weight is 280 g/mol. The average Bonchev–Trinajstić information content (AvgIpc) is 2.77. The van der Waals surface area contributed by atoms with Gasteiger partial charge in [0.15, 0.2) is 0 Å². The fourth-order valence-electron chi connectivity index (χ4n) is 2.43. The summed E-state index contributed by atoms with van der Waals surface area (Å²) in [7, 11) is 0. The summed E-state index contributed by atoms with van der Waals surface area (Å²) >= 11 is 0. The van der Waals surface area contributed by atoms with Crippen molar-refractivity contribution in [1.82, 2.24) is 14.5 Å². The zero-order valence-electron chi connectivity index (χ0n) is 12.4. The first-order chi connectivity index (χ1) is 10.2. The Labute approximate surface area is 125 Å². The van der Waals surface area contributed by atoms with E-state index in [2.05, 4.69) is 30.2 Å². The van der Waals surface area contributed by atoms with Gasteiger partial charge in [-0.25, -0.2) is 4.98 Å². The molecule has 0 saturated carbocycles. The number of nitriles is 1. The minimum atomic E-state index is 0.310. The number of fused-ring (bicyclic) bond motifs is 1. The van der Waals surface area contributed by atoms with Gasteiger partial charge in [0.25, 0.3) is 0 Å². The maximum absolute atomic E-state index is 9.07. The molecule has 0 spiro atoms. The van der Waals surface area contributed by atoms with E-state index in [1.165, 1.54) is 5.56 Å². The smallest absolute Gasteiger partial charge is 0.125 e. The SMILES string of the molecule is C=CCN(CC=C)Cc1nc2cc(C)ccc2n1CC#N. The quantitative estimate of drug-likeness (QED) is 0.732. The molecule has 0 amide bonds. The van der Waals surface area contributed by atoms with Gasteiger partial charge in [-0.05, 0) is 24.6 Å². The van der Waals surface area contributed by atoms with Crippen molar-refractivity contribution in [2.24, 2.45) is 0 Å². The van der Waals surface area contributed by atoms with E-state index in [1.807, 2.05) is 35.8 Å². The first kappa shape index (κ1) is 15.0. The Morgan fingerprint density at radius 3 is 2.67 bits per heavy atom. The van der Waals surface area contributed by atoms with Crippen LogP contribution in [0.15, 0.2) is 43.5 Å². The van der Waals surface area contributed by atoms with Gasteiger partial charge in [0.2, 0.25) is 0 Å². The van der Waals surface area contributed by atoms with Crippen LogP contribution in [0.25, 0.3) is 11.0 Å². The van der Waals surface area contributed by atoms with E-state index < -0.39 is 0 Å². The lowest BCUT2D eigenvalue weighted by molar-refractivity contribution is 0.315. The van der Waals surface area contributed by atoms with Crippen molar-refractivity contribution in [3.8, 4) is 6.07 Å². The van der Waals surface area contributed by atoms with Crippen LogP contribution in [-0.4, -0.2) is 27.5 Å². The molecule has 0 aliphatic carbocycles. The van der Waals surface area contributed by atoms with Crippen LogP contribution in [0.4, 0.5) is 0 Å². The van der Waals surface area contributed by atoms with E-state index in [9.17, 15) is 0 Å². The van der Waals surface area contributed by atoms with E-state index in [1.54, 1.807) is 0 Å². The predicted molar refractivity (Wildman–Crippen MR) is 85.8 cm³/mol. The van der Waals surface area contributed by atoms with Crippen molar-refractivity contribution in [1.29, 1.82) is 5.26 Å². The molecule has 0 saturated heterocycles. The lowest BCUT2D eigenvalue weighted by Crippen LogP contribution is -2.25. The highest BCUT2D eigenvalue weighted by Gasteiger charge is 2.13. The molecule has 0 radical (unpaired) electrons. The minimum absolute atomic E-state index is 0.310. The molecular weight excluding hydrogens is 260 g/mol. The Kier molecular flexibility index (Phi) is 4.91. The van der Waals surface area contributed by atoms with Crippen LogP contribution >= 0.6 is 0 Å². The van der Waals surface area contributed by atoms with Gasteiger partial charge in [-0.15, -0.1) is 13.2 Å². The van der Waals surface area contributed by atoms with Crippen LogP contribution in [0.3, 0.4) is 0 Å². The topological polar surface area (TPSA) is 44.9 Å². The third-order valence-electron chi connectivity index (χ3n) is 3.35. The van der Waals surface area contributed by atoms with Crippen molar-refractivity contribution in [2.45, 2.75) is 20.0 Å². The highest BCUT2D eigenvalue weighted by Crippen LogP contribution is 2.19. The highest BCUT2D eigenvalue weighted by molar-refractivity contribution is 5.77. The number of hydrogen-bond acceptors (Lipinski definition) is 3. The second kappa shape index (κ2) is 6.87. The number of aromatic nitrogens is 2. The molecule has 2 aromatic rings. The summed E-state index contributed by atoms with van der Waals surface area (Å²) in [5.41, 5.74) is 3.12. The molecule has 2 rings (SSSR count). The molecule has 1 heterocycles. The molecule has 21 heavy (non-hydrogen) atoms. The third kappa shape index (κ3) is 3.39. The Hall–Kier alpha value is -2.38. The summed E-state index contributed by atoms with van der Waals surface area (Å²) < 4.78 is 1.98. The molecule has 0 bridgehead atoms. The van der Waals surface area contributed by atoms with Crippen molar-refractivity contribution >= 4 is 11.0 Å². The van der Waals surface area contributed by atoms with Crippen molar-refractivity contribution in [3.05, 3.63) is 54.9 Å². The standard InChI is InChI=1S/C17H20N4/c1-4-9-20(10-5-2)13-17-19-15-12-14(3)6-7-16(15)21(17)11-8-18/h4-7,12H,1-2,9-11,13H2,3H3. The van der Waals surface area contributed by atoms with Gasteiger partial charge in [-0.2, -0.15) is 5.26 Å². The van der Waals surface area contributed by atoms with Crippen LogP contribution in [0.2, 0.25) is 0 Å². The number of benzene rings is 1. The van der Waals surface area contributed by atoms with Crippen molar-refractivity contribution in [3.63, 3.8) is 0 Å². The highest BCUT2D eigenvalue weighted by atomic mass is 15.2. The predicted octanol–water partition coefficient (Wildman–Crippen LogP) is 3.04. The lowest BCUT2D eigenvalue weighted by atomic mass is 10.2. The molecular formula is C17H20N4. The molecule has 0 N–H and O–H groups in total. The van der Waals surface area contributed by atoms with Crippen molar-refractivity contribution in [2.75, 3.05) is 13.1 Å². The maximum atomic E-state index is 9.07. The summed E-state index contributed by atoms with van der Waals surface area (Å²) in [5, 5.41) is 9.07. The van der Waals surface area contributed by atoms with Gasteiger partial charge in [0.05, 0.1) is 23.6 Å². The summed E-state index contributed by atoms with van der Waals surface area (Å²) in [5.74, 6) is 0.904. The lowest BCUT2D eigenvalue weighted by Gasteiger charge is -2.18. The maximum Gasteiger partial charge on any atom is 0.125 e. The second-order valence-corrected chi connectivity index (χ2v) is 5.04. The van der Waals surface area contributed by atoms with Gasteiger partial charge in [0, 0.05) is 13.1 Å². The second-order valence-electron chi connectivity index (χ2n) is 5.04. The molecule has 4 nitrogen and oxygen atoms in total. The van der Waals surface area contributed by atoms with Crippen LogP contribution in [0.1, 0.15) is 11.4 Å². The van der Waals surface area contributed by atoms with Gasteiger partial charge < -0.3 is 4.57 Å². The molecule has 0 aliphatic rings. The summed E-state index contributed by atoms with van der Waals surface area (Å²) in [6.45, 7) is 12.1. The monoisotopic (exact) mass is 280 g/mol. The molecule has 108 valence electrons. The van der Waals surface area contributed by atoms with Crippen LogP contribution in [-0.2, 0) is 13.1 Å². The molecule has 0 atom stereocenters. The fourth-order valence-corrected chi connectivity index (χ4v) is 2.43. The fraction of sp³-hybridized carbons (Fsp3) is 0.294. The van der Waals surface area contributed by atoms with E-state index >= 15 is 0 Å². The van der Waals surface area contributed by atoms with Gasteiger partial charge in [-0.3, -0.25) is 4.90 Å². The van der Waals surface area contributed by atoms with E-state index in [0.717, 1.165) is 29.9 Å². The zero-order chi connectivity index (χ0) is 15.2. The number of rotatable bonds is 7. The Bertz CT molecular complexity index is 681. The van der Waals surface area contributed by atoms with Gasteiger partial charge >= 0.3 is 0 Å². The largest absolute Gasteiger partial charge is 0.313 e. The normalized spacial score (nSPS) is 10.7. The molecule has 4 heteroatoms. The first-order valence-corrected chi connectivity index (χ1v) is 6.96. The zero-order valence-corrected chi connectivity index (χ0v) is 12.4.